The van der Waals surface area contributed by atoms with Gasteiger partial charge in [-0.25, -0.2) is 0 Å². The minimum absolute atomic E-state index is 0.161. The molecule has 1 saturated carbocycles. The summed E-state index contributed by atoms with van der Waals surface area (Å²) in [5.74, 6) is 0.161. The van der Waals surface area contributed by atoms with Gasteiger partial charge in [0.25, 0.3) is 0 Å². The van der Waals surface area contributed by atoms with Gasteiger partial charge in [0.05, 0.1) is 18.3 Å². The minimum atomic E-state index is -0.775. The lowest BCUT2D eigenvalue weighted by molar-refractivity contribution is -0.110. The van der Waals surface area contributed by atoms with Gasteiger partial charge in [-0.2, -0.15) is 0 Å². The van der Waals surface area contributed by atoms with Crippen molar-refractivity contribution in [2.45, 2.75) is 44.5 Å². The van der Waals surface area contributed by atoms with E-state index in [9.17, 15) is 5.11 Å². The lowest BCUT2D eigenvalue weighted by Gasteiger charge is -2.44. The molecule has 0 bridgehead atoms. The van der Waals surface area contributed by atoms with Gasteiger partial charge >= 0.3 is 0 Å². The van der Waals surface area contributed by atoms with Crippen LogP contribution in [0.4, 0.5) is 0 Å². The molecular formula is C23H31NO2. The Morgan fingerprint density at radius 3 is 2.58 bits per heavy atom. The predicted octanol–water partition coefficient (Wildman–Crippen LogP) is 4.13. The average molecular weight is 354 g/mol. The molecule has 3 heteroatoms. The molecule has 1 fully saturated rings. The number of ether oxygens (including phenoxy) is 1. The molecule has 0 amide bonds. The van der Waals surface area contributed by atoms with E-state index < -0.39 is 5.60 Å². The Morgan fingerprint density at radius 1 is 1.12 bits per heavy atom. The quantitative estimate of drug-likeness (QED) is 0.847. The van der Waals surface area contributed by atoms with Crippen LogP contribution in [0.25, 0.3) is 0 Å². The van der Waals surface area contributed by atoms with E-state index in [-0.39, 0.29) is 12.0 Å². The monoisotopic (exact) mass is 353 g/mol. The summed E-state index contributed by atoms with van der Waals surface area (Å²) in [7, 11) is 4.15. The highest BCUT2D eigenvalue weighted by atomic mass is 16.5. The van der Waals surface area contributed by atoms with Crippen LogP contribution < -0.4 is 0 Å². The van der Waals surface area contributed by atoms with Crippen LogP contribution in [-0.2, 0) is 16.9 Å². The van der Waals surface area contributed by atoms with E-state index in [2.05, 4.69) is 56.3 Å². The molecule has 3 nitrogen and oxygen atoms in total. The third kappa shape index (κ3) is 4.53. The van der Waals surface area contributed by atoms with Crippen molar-refractivity contribution in [3.05, 3.63) is 71.3 Å². The number of aliphatic hydroxyl groups is 1. The first-order chi connectivity index (χ1) is 12.5. The van der Waals surface area contributed by atoms with Crippen molar-refractivity contribution in [2.24, 2.45) is 5.92 Å². The van der Waals surface area contributed by atoms with E-state index in [1.165, 1.54) is 11.1 Å². The number of rotatable bonds is 6. The molecule has 3 atom stereocenters. The molecule has 0 heterocycles. The summed E-state index contributed by atoms with van der Waals surface area (Å²) in [5, 5.41) is 11.6. The molecule has 0 aromatic heterocycles. The molecule has 140 valence electrons. The SMILES string of the molecule is Cc1cccc(C2(O)CCC(OCc3ccccc3)CC2CN(C)C)c1. The molecule has 0 radical (unpaired) electrons. The van der Waals surface area contributed by atoms with Crippen LogP contribution in [0.2, 0.25) is 0 Å². The zero-order chi connectivity index (χ0) is 18.6. The van der Waals surface area contributed by atoms with E-state index in [1.807, 2.05) is 24.3 Å². The van der Waals surface area contributed by atoms with Crippen molar-refractivity contribution in [2.75, 3.05) is 20.6 Å². The van der Waals surface area contributed by atoms with Crippen molar-refractivity contribution in [3.8, 4) is 0 Å². The molecule has 3 unspecified atom stereocenters. The molecule has 3 rings (SSSR count). The molecule has 26 heavy (non-hydrogen) atoms. The maximum atomic E-state index is 11.6. The van der Waals surface area contributed by atoms with Crippen LogP contribution >= 0.6 is 0 Å². The molecule has 2 aromatic carbocycles. The summed E-state index contributed by atoms with van der Waals surface area (Å²) in [4.78, 5) is 2.17. The number of aryl methyl sites for hydroxylation is 1. The fourth-order valence-electron chi connectivity index (χ4n) is 4.12. The first-order valence-electron chi connectivity index (χ1n) is 9.57. The van der Waals surface area contributed by atoms with E-state index >= 15 is 0 Å². The van der Waals surface area contributed by atoms with E-state index in [4.69, 9.17) is 4.74 Å². The Bertz CT molecular complexity index is 700. The molecule has 2 aromatic rings. The number of nitrogens with zero attached hydrogens (tertiary/aromatic N) is 1. The predicted molar refractivity (Wildman–Crippen MR) is 106 cm³/mol. The number of hydrogen-bond donors (Lipinski definition) is 1. The van der Waals surface area contributed by atoms with E-state index in [0.29, 0.717) is 6.61 Å². The van der Waals surface area contributed by atoms with Crippen molar-refractivity contribution >= 4 is 0 Å². The van der Waals surface area contributed by atoms with Crippen molar-refractivity contribution < 1.29 is 9.84 Å². The Balaban J connectivity index is 1.72. The lowest BCUT2D eigenvalue weighted by Crippen LogP contribution is -2.46. The maximum absolute atomic E-state index is 11.6. The normalized spacial score (nSPS) is 26.2. The molecule has 1 aliphatic carbocycles. The Labute approximate surface area is 157 Å². The van der Waals surface area contributed by atoms with Gasteiger partial charge in [-0.3, -0.25) is 0 Å². The largest absolute Gasteiger partial charge is 0.385 e. The second-order valence-electron chi connectivity index (χ2n) is 7.95. The zero-order valence-corrected chi connectivity index (χ0v) is 16.2. The molecule has 1 N–H and O–H groups in total. The van der Waals surface area contributed by atoms with Crippen LogP contribution in [0.1, 0.15) is 36.0 Å². The molecule has 0 spiro atoms. The fourth-order valence-corrected chi connectivity index (χ4v) is 4.12. The number of hydrogen-bond acceptors (Lipinski definition) is 3. The average Bonchev–Trinajstić information content (AvgIpc) is 2.63. The van der Waals surface area contributed by atoms with Crippen molar-refractivity contribution in [1.29, 1.82) is 0 Å². The van der Waals surface area contributed by atoms with Crippen molar-refractivity contribution in [3.63, 3.8) is 0 Å². The summed E-state index contributed by atoms with van der Waals surface area (Å²) >= 11 is 0. The summed E-state index contributed by atoms with van der Waals surface area (Å²) in [6.45, 7) is 3.58. The highest BCUT2D eigenvalue weighted by Gasteiger charge is 2.43. The Hall–Kier alpha value is -1.68. The Kier molecular flexibility index (Phi) is 6.13. The van der Waals surface area contributed by atoms with Gasteiger partial charge < -0.3 is 14.7 Å². The van der Waals surface area contributed by atoms with Crippen LogP contribution in [0, 0.1) is 12.8 Å². The van der Waals surface area contributed by atoms with Gasteiger partial charge in [-0.15, -0.1) is 0 Å². The molecule has 0 saturated heterocycles. The van der Waals surface area contributed by atoms with Gasteiger partial charge in [-0.05, 0) is 51.4 Å². The van der Waals surface area contributed by atoms with E-state index in [0.717, 1.165) is 31.4 Å². The maximum Gasteiger partial charge on any atom is 0.0938 e. The molecular weight excluding hydrogens is 322 g/mol. The summed E-state index contributed by atoms with van der Waals surface area (Å²) in [6, 6.07) is 18.7. The zero-order valence-electron chi connectivity index (χ0n) is 16.2. The van der Waals surface area contributed by atoms with E-state index in [1.54, 1.807) is 0 Å². The van der Waals surface area contributed by atoms with Crippen LogP contribution in [0.3, 0.4) is 0 Å². The fraction of sp³-hybridized carbons (Fsp3) is 0.478. The minimum Gasteiger partial charge on any atom is -0.385 e. The first-order valence-corrected chi connectivity index (χ1v) is 9.57. The standard InChI is InChI=1S/C23H31NO2/c1-18-8-7-11-20(14-18)23(25)13-12-22(15-21(23)16-24(2)3)26-17-19-9-5-4-6-10-19/h4-11,14,21-22,25H,12-13,15-17H2,1-3H3. The highest BCUT2D eigenvalue weighted by Crippen LogP contribution is 2.43. The van der Waals surface area contributed by atoms with Crippen LogP contribution in [0.5, 0.6) is 0 Å². The third-order valence-corrected chi connectivity index (χ3v) is 5.50. The summed E-state index contributed by atoms with van der Waals surface area (Å²) in [5.41, 5.74) is 2.67. The second kappa shape index (κ2) is 8.34. The summed E-state index contributed by atoms with van der Waals surface area (Å²) in [6.07, 6.45) is 2.72. The third-order valence-electron chi connectivity index (χ3n) is 5.50. The van der Waals surface area contributed by atoms with Gasteiger partial charge in [0.2, 0.25) is 0 Å². The van der Waals surface area contributed by atoms with Crippen molar-refractivity contribution in [1.82, 2.24) is 4.90 Å². The van der Waals surface area contributed by atoms with Gasteiger partial charge in [-0.1, -0.05) is 60.2 Å². The van der Waals surface area contributed by atoms with Crippen LogP contribution in [0.15, 0.2) is 54.6 Å². The highest BCUT2D eigenvalue weighted by molar-refractivity contribution is 5.29. The van der Waals surface area contributed by atoms with Gasteiger partial charge in [0, 0.05) is 12.5 Å². The first kappa shape index (κ1) is 19.1. The molecule has 1 aliphatic rings. The summed E-state index contributed by atoms with van der Waals surface area (Å²) < 4.78 is 6.20. The van der Waals surface area contributed by atoms with Gasteiger partial charge in [0.1, 0.15) is 0 Å². The lowest BCUT2D eigenvalue weighted by atomic mass is 9.70. The number of benzene rings is 2. The van der Waals surface area contributed by atoms with Gasteiger partial charge in [0.15, 0.2) is 0 Å². The smallest absolute Gasteiger partial charge is 0.0938 e. The second-order valence-corrected chi connectivity index (χ2v) is 7.95. The van der Waals surface area contributed by atoms with Crippen LogP contribution in [-0.4, -0.2) is 36.8 Å². The molecule has 0 aliphatic heterocycles. The Morgan fingerprint density at radius 2 is 1.88 bits per heavy atom. The topological polar surface area (TPSA) is 32.7 Å².